The van der Waals surface area contributed by atoms with Crippen molar-refractivity contribution in [3.05, 3.63) is 48.4 Å². The molecule has 2 aromatic heterocycles. The maximum absolute atomic E-state index is 10.3. The highest BCUT2D eigenvalue weighted by Gasteiger charge is 2.41. The van der Waals surface area contributed by atoms with Gasteiger partial charge in [-0.25, -0.2) is 9.97 Å². The number of hydrogen-bond donors (Lipinski definition) is 2. The fourth-order valence-electron chi connectivity index (χ4n) is 6.03. The first kappa shape index (κ1) is 24.4. The molecule has 0 saturated carbocycles. The normalized spacial score (nSPS) is 21.6. The van der Waals surface area contributed by atoms with Gasteiger partial charge in [0.05, 0.1) is 17.9 Å². The quantitative estimate of drug-likeness (QED) is 0.511. The van der Waals surface area contributed by atoms with E-state index in [9.17, 15) is 5.11 Å². The number of nitrogen functional groups attached to an aromatic ring is 1. The Hall–Kier alpha value is -3.90. The van der Waals surface area contributed by atoms with Crippen LogP contribution in [0, 0.1) is 11.8 Å². The summed E-state index contributed by atoms with van der Waals surface area (Å²) in [7, 11) is 0. The SMILES string of the molecule is Nc1nnc(-c2ccccc2O)cc1N1CC2CCC(C1)N2c1cc(C#CCN2CCCCCC2)ncn1. The minimum Gasteiger partial charge on any atom is -0.507 e. The Balaban J connectivity index is 1.17. The summed E-state index contributed by atoms with van der Waals surface area (Å²) in [6.07, 6.45) is 9.02. The van der Waals surface area contributed by atoms with Gasteiger partial charge >= 0.3 is 0 Å². The monoisotopic (exact) mass is 510 g/mol. The zero-order chi connectivity index (χ0) is 25.9. The largest absolute Gasteiger partial charge is 0.507 e. The second kappa shape index (κ2) is 10.8. The van der Waals surface area contributed by atoms with E-state index in [-0.39, 0.29) is 5.75 Å². The van der Waals surface area contributed by atoms with E-state index in [4.69, 9.17) is 5.73 Å². The van der Waals surface area contributed by atoms with Gasteiger partial charge in [0.15, 0.2) is 5.82 Å². The van der Waals surface area contributed by atoms with Crippen molar-refractivity contribution in [3.63, 3.8) is 0 Å². The topological polar surface area (TPSA) is 108 Å². The van der Waals surface area contributed by atoms with Crippen LogP contribution in [0.3, 0.4) is 0 Å². The maximum atomic E-state index is 10.3. The molecular formula is C29H34N8O. The van der Waals surface area contributed by atoms with Gasteiger partial charge in [0.2, 0.25) is 0 Å². The molecule has 38 heavy (non-hydrogen) atoms. The van der Waals surface area contributed by atoms with Crippen LogP contribution in [0.2, 0.25) is 0 Å². The van der Waals surface area contributed by atoms with E-state index in [0.29, 0.717) is 29.2 Å². The molecule has 2 atom stereocenters. The van der Waals surface area contributed by atoms with E-state index >= 15 is 0 Å². The summed E-state index contributed by atoms with van der Waals surface area (Å²) in [5, 5.41) is 18.8. The van der Waals surface area contributed by atoms with Gasteiger partial charge in [-0.15, -0.1) is 10.2 Å². The molecule has 3 N–H and O–H groups in total. The lowest BCUT2D eigenvalue weighted by Crippen LogP contribution is -2.54. The number of fused-ring (bicyclic) bond motifs is 2. The highest BCUT2D eigenvalue weighted by atomic mass is 16.3. The number of phenolic OH excluding ortho intramolecular Hbond substituents is 1. The predicted octanol–water partition coefficient (Wildman–Crippen LogP) is 3.31. The van der Waals surface area contributed by atoms with Gasteiger partial charge < -0.3 is 20.6 Å². The number of para-hydroxylation sites is 1. The van der Waals surface area contributed by atoms with Crippen molar-refractivity contribution in [1.29, 1.82) is 0 Å². The van der Waals surface area contributed by atoms with E-state index in [1.54, 1.807) is 18.5 Å². The van der Waals surface area contributed by atoms with Crippen molar-refractivity contribution in [2.75, 3.05) is 48.3 Å². The third-order valence-corrected chi connectivity index (χ3v) is 7.94. The van der Waals surface area contributed by atoms with Crippen LogP contribution >= 0.6 is 0 Å². The molecule has 196 valence electrons. The zero-order valence-electron chi connectivity index (χ0n) is 21.6. The number of benzene rings is 1. The lowest BCUT2D eigenvalue weighted by atomic mass is 10.1. The molecule has 9 nitrogen and oxygen atoms in total. The summed E-state index contributed by atoms with van der Waals surface area (Å²) < 4.78 is 0. The first-order valence-electron chi connectivity index (χ1n) is 13.6. The number of nitrogens with zero attached hydrogens (tertiary/aromatic N) is 7. The fraction of sp³-hybridized carbons (Fsp3) is 0.448. The lowest BCUT2D eigenvalue weighted by molar-refractivity contribution is 0.320. The summed E-state index contributed by atoms with van der Waals surface area (Å²) in [5.74, 6) is 8.14. The number of phenols is 1. The third-order valence-electron chi connectivity index (χ3n) is 7.94. The summed E-state index contributed by atoms with van der Waals surface area (Å²) in [6.45, 7) is 4.71. The van der Waals surface area contributed by atoms with E-state index < -0.39 is 0 Å². The molecule has 3 aliphatic rings. The number of aromatic nitrogens is 4. The van der Waals surface area contributed by atoms with Crippen molar-refractivity contribution in [1.82, 2.24) is 25.1 Å². The van der Waals surface area contributed by atoms with Crippen LogP contribution in [0.15, 0.2) is 42.7 Å². The second-order valence-electron chi connectivity index (χ2n) is 10.5. The van der Waals surface area contributed by atoms with Gasteiger partial charge in [-0.2, -0.15) is 0 Å². The Morgan fingerprint density at radius 2 is 1.71 bits per heavy atom. The molecular weight excluding hydrogens is 476 g/mol. The van der Waals surface area contributed by atoms with Crippen LogP contribution in [0.4, 0.5) is 17.3 Å². The number of hydrogen-bond acceptors (Lipinski definition) is 9. The van der Waals surface area contributed by atoms with Crippen LogP contribution in [0.1, 0.15) is 44.2 Å². The number of aromatic hydroxyl groups is 1. The molecule has 9 heteroatoms. The van der Waals surface area contributed by atoms with E-state index in [1.165, 1.54) is 25.7 Å². The van der Waals surface area contributed by atoms with Crippen molar-refractivity contribution >= 4 is 17.3 Å². The van der Waals surface area contributed by atoms with Gasteiger partial charge in [0.25, 0.3) is 0 Å². The van der Waals surface area contributed by atoms with Crippen LogP contribution in [-0.2, 0) is 0 Å². The minimum atomic E-state index is 0.177. The van der Waals surface area contributed by atoms with E-state index in [2.05, 4.69) is 46.7 Å². The van der Waals surface area contributed by atoms with Crippen molar-refractivity contribution in [3.8, 4) is 28.8 Å². The first-order valence-corrected chi connectivity index (χ1v) is 13.6. The first-order chi connectivity index (χ1) is 18.7. The molecule has 0 aliphatic carbocycles. The smallest absolute Gasteiger partial charge is 0.169 e. The Morgan fingerprint density at radius 1 is 0.947 bits per heavy atom. The van der Waals surface area contributed by atoms with Crippen molar-refractivity contribution in [2.24, 2.45) is 0 Å². The second-order valence-corrected chi connectivity index (χ2v) is 10.5. The molecule has 0 spiro atoms. The summed E-state index contributed by atoms with van der Waals surface area (Å²) in [5.41, 5.74) is 9.19. The Kier molecular flexibility index (Phi) is 6.97. The van der Waals surface area contributed by atoms with Crippen molar-refractivity contribution < 1.29 is 5.11 Å². The molecule has 3 aliphatic heterocycles. The van der Waals surface area contributed by atoms with Gasteiger partial charge in [-0.05, 0) is 62.9 Å². The highest BCUT2D eigenvalue weighted by molar-refractivity contribution is 5.74. The van der Waals surface area contributed by atoms with Crippen LogP contribution in [-0.4, -0.2) is 75.0 Å². The Morgan fingerprint density at radius 3 is 2.47 bits per heavy atom. The summed E-state index contributed by atoms with van der Waals surface area (Å²) in [4.78, 5) is 16.3. The average molecular weight is 511 g/mol. The lowest BCUT2D eigenvalue weighted by Gasteiger charge is -2.42. The maximum Gasteiger partial charge on any atom is 0.169 e. The molecule has 3 aromatic rings. The molecule has 5 heterocycles. The Bertz CT molecular complexity index is 1330. The summed E-state index contributed by atoms with van der Waals surface area (Å²) >= 11 is 0. The van der Waals surface area contributed by atoms with E-state index in [0.717, 1.165) is 62.8 Å². The number of likely N-dealkylation sites (tertiary alicyclic amines) is 1. The third kappa shape index (κ3) is 5.09. The molecule has 6 rings (SSSR count). The van der Waals surface area contributed by atoms with Gasteiger partial charge in [-0.3, -0.25) is 4.90 Å². The molecule has 3 fully saturated rings. The molecule has 3 saturated heterocycles. The van der Waals surface area contributed by atoms with Crippen LogP contribution < -0.4 is 15.5 Å². The van der Waals surface area contributed by atoms with E-state index in [1.807, 2.05) is 24.3 Å². The molecule has 1 aromatic carbocycles. The van der Waals surface area contributed by atoms with Gasteiger partial charge in [-0.1, -0.05) is 30.9 Å². The average Bonchev–Trinajstić information content (AvgIpc) is 3.09. The minimum absolute atomic E-state index is 0.177. The molecule has 2 bridgehead atoms. The summed E-state index contributed by atoms with van der Waals surface area (Å²) in [6, 6.07) is 11.8. The Labute approximate surface area is 223 Å². The number of rotatable bonds is 4. The molecule has 0 radical (unpaired) electrons. The number of piperazine rings is 1. The zero-order valence-corrected chi connectivity index (χ0v) is 21.6. The number of anilines is 3. The standard InChI is InChI=1S/C29H34N8O/c30-29-26(17-25(33-34-29)24-9-3-4-10-27(24)38)36-18-22-11-12-23(19-36)37(22)28-16-21(31-20-32-28)8-7-15-35-13-5-1-2-6-14-35/h3-4,9-10,16-17,20,22-23,38H,1-2,5-6,11-15,18-19H2,(H2,30,34). The van der Waals surface area contributed by atoms with Crippen LogP contribution in [0.25, 0.3) is 11.3 Å². The molecule has 0 amide bonds. The van der Waals surface area contributed by atoms with Gasteiger partial charge in [0, 0.05) is 36.8 Å². The number of nitrogens with two attached hydrogens (primary N) is 1. The molecule has 2 unspecified atom stereocenters. The van der Waals surface area contributed by atoms with Crippen molar-refractivity contribution in [2.45, 2.75) is 50.6 Å². The highest BCUT2D eigenvalue weighted by Crippen LogP contribution is 2.38. The van der Waals surface area contributed by atoms with Crippen LogP contribution in [0.5, 0.6) is 5.75 Å². The fourth-order valence-corrected chi connectivity index (χ4v) is 6.03. The predicted molar refractivity (Wildman–Crippen MR) is 149 cm³/mol. The van der Waals surface area contributed by atoms with Gasteiger partial charge in [0.1, 0.15) is 23.6 Å².